The molecule has 0 bridgehead atoms. The zero-order valence-corrected chi connectivity index (χ0v) is 17.2. The van der Waals surface area contributed by atoms with Gasteiger partial charge in [-0.05, 0) is 42.5 Å². The molecule has 1 aromatic heterocycles. The number of rotatable bonds is 3. The molecule has 2 atom stereocenters. The van der Waals surface area contributed by atoms with E-state index < -0.39 is 11.9 Å². The Morgan fingerprint density at radius 1 is 1.21 bits per heavy atom. The van der Waals surface area contributed by atoms with Crippen LogP contribution in [-0.4, -0.2) is 18.9 Å². The third-order valence-electron chi connectivity index (χ3n) is 5.38. The highest BCUT2D eigenvalue weighted by molar-refractivity contribution is 7.10. The maximum atomic E-state index is 13.3. The highest BCUT2D eigenvalue weighted by Crippen LogP contribution is 2.46. The summed E-state index contributed by atoms with van der Waals surface area (Å²) in [6.07, 6.45) is 1.19. The van der Waals surface area contributed by atoms with E-state index in [-0.39, 0.29) is 11.7 Å². The van der Waals surface area contributed by atoms with E-state index in [9.17, 15) is 9.59 Å². The van der Waals surface area contributed by atoms with Gasteiger partial charge < -0.3 is 10.1 Å². The predicted molar refractivity (Wildman–Crippen MR) is 110 cm³/mol. The fourth-order valence-corrected chi connectivity index (χ4v) is 5.09. The first-order valence-corrected chi connectivity index (χ1v) is 10.4. The van der Waals surface area contributed by atoms with Crippen LogP contribution < -0.4 is 5.32 Å². The van der Waals surface area contributed by atoms with Crippen molar-refractivity contribution in [3.8, 4) is 0 Å². The van der Waals surface area contributed by atoms with Gasteiger partial charge in [-0.25, -0.2) is 4.79 Å². The lowest BCUT2D eigenvalue weighted by atomic mass is 9.72. The first kappa shape index (κ1) is 19.0. The summed E-state index contributed by atoms with van der Waals surface area (Å²) in [6, 6.07) is 11.4. The Bertz CT molecular complexity index is 989. The van der Waals surface area contributed by atoms with E-state index in [1.807, 2.05) is 30.5 Å². The molecule has 1 aliphatic heterocycles. The molecule has 28 heavy (non-hydrogen) atoms. The summed E-state index contributed by atoms with van der Waals surface area (Å²) in [5, 5.41) is 5.98. The van der Waals surface area contributed by atoms with Gasteiger partial charge in [0, 0.05) is 45.1 Å². The van der Waals surface area contributed by atoms with Gasteiger partial charge in [0.05, 0.1) is 12.7 Å². The summed E-state index contributed by atoms with van der Waals surface area (Å²) in [6.45, 7) is 1.86. The van der Waals surface area contributed by atoms with Crippen molar-refractivity contribution >= 4 is 34.7 Å². The number of ether oxygens (including phenoxy) is 1. The molecule has 1 N–H and O–H groups in total. The minimum Gasteiger partial charge on any atom is -0.466 e. The van der Waals surface area contributed by atoms with E-state index in [1.54, 1.807) is 23.5 Å². The van der Waals surface area contributed by atoms with Gasteiger partial charge in [0.1, 0.15) is 0 Å². The molecule has 2 aromatic rings. The topological polar surface area (TPSA) is 55.4 Å². The van der Waals surface area contributed by atoms with Gasteiger partial charge in [-0.1, -0.05) is 29.8 Å². The minimum absolute atomic E-state index is 0.0704. The average Bonchev–Trinajstić information content (AvgIpc) is 3.21. The summed E-state index contributed by atoms with van der Waals surface area (Å²) < 4.78 is 5.04. The van der Waals surface area contributed by atoms with Gasteiger partial charge in [0.25, 0.3) is 0 Å². The Hall–Kier alpha value is -2.37. The van der Waals surface area contributed by atoms with E-state index in [4.69, 9.17) is 16.3 Å². The predicted octanol–water partition coefficient (Wildman–Crippen LogP) is 4.94. The number of benzene rings is 1. The third kappa shape index (κ3) is 3.29. The van der Waals surface area contributed by atoms with Crippen LogP contribution in [0.3, 0.4) is 0 Å². The molecule has 4 nitrogen and oxygen atoms in total. The molecule has 0 saturated heterocycles. The lowest BCUT2D eigenvalue weighted by molar-refractivity contribution is -0.136. The second-order valence-electron chi connectivity index (χ2n) is 7.08. The Kier molecular flexibility index (Phi) is 5.13. The van der Waals surface area contributed by atoms with Gasteiger partial charge in [0.2, 0.25) is 0 Å². The number of esters is 1. The first-order chi connectivity index (χ1) is 13.5. The van der Waals surface area contributed by atoms with Crippen molar-refractivity contribution in [2.45, 2.75) is 31.6 Å². The summed E-state index contributed by atoms with van der Waals surface area (Å²) in [5.74, 6) is -0.638. The molecule has 0 radical (unpaired) electrons. The van der Waals surface area contributed by atoms with Gasteiger partial charge in [-0.15, -0.1) is 11.3 Å². The van der Waals surface area contributed by atoms with E-state index in [0.29, 0.717) is 22.6 Å². The normalized spacial score (nSPS) is 22.0. The van der Waals surface area contributed by atoms with Gasteiger partial charge >= 0.3 is 5.97 Å². The van der Waals surface area contributed by atoms with Crippen LogP contribution in [0.2, 0.25) is 5.02 Å². The van der Waals surface area contributed by atoms with Gasteiger partial charge in [0.15, 0.2) is 5.78 Å². The smallest absolute Gasteiger partial charge is 0.336 e. The van der Waals surface area contributed by atoms with Crippen molar-refractivity contribution in [1.82, 2.24) is 5.32 Å². The number of hydrogen-bond acceptors (Lipinski definition) is 5. The van der Waals surface area contributed by atoms with Crippen molar-refractivity contribution < 1.29 is 14.3 Å². The van der Waals surface area contributed by atoms with Crippen LogP contribution in [0.5, 0.6) is 0 Å². The Balaban J connectivity index is 1.82. The molecular weight excluding hydrogens is 394 g/mol. The number of Topliss-reactive ketones (excluding diaryl/α,β-unsaturated/α-hetero) is 1. The number of thiophene rings is 1. The number of methoxy groups -OCH3 is 1. The molecule has 1 aliphatic carbocycles. The highest BCUT2D eigenvalue weighted by Gasteiger charge is 2.41. The molecule has 0 amide bonds. The van der Waals surface area contributed by atoms with Crippen LogP contribution in [0.25, 0.3) is 0 Å². The summed E-state index contributed by atoms with van der Waals surface area (Å²) >= 11 is 7.73. The number of halogens is 1. The van der Waals surface area contributed by atoms with Crippen molar-refractivity contribution in [1.29, 1.82) is 0 Å². The summed E-state index contributed by atoms with van der Waals surface area (Å²) in [7, 11) is 1.36. The largest absolute Gasteiger partial charge is 0.466 e. The zero-order valence-electron chi connectivity index (χ0n) is 15.6. The fourth-order valence-electron chi connectivity index (χ4n) is 4.13. The van der Waals surface area contributed by atoms with Crippen LogP contribution in [0, 0.1) is 0 Å². The molecule has 2 aliphatic rings. The summed E-state index contributed by atoms with van der Waals surface area (Å²) in [5.41, 5.74) is 3.64. The maximum absolute atomic E-state index is 13.3. The first-order valence-electron chi connectivity index (χ1n) is 9.10. The quantitative estimate of drug-likeness (QED) is 0.724. The molecule has 0 fully saturated rings. The number of hydrogen-bond donors (Lipinski definition) is 1. The number of dihydropyridines is 1. The van der Waals surface area contributed by atoms with E-state index >= 15 is 0 Å². The van der Waals surface area contributed by atoms with Crippen LogP contribution in [0.15, 0.2) is 64.3 Å². The average molecular weight is 414 g/mol. The Morgan fingerprint density at radius 3 is 2.61 bits per heavy atom. The molecule has 0 spiro atoms. The highest BCUT2D eigenvalue weighted by atomic mass is 35.5. The zero-order chi connectivity index (χ0) is 19.8. The molecule has 4 rings (SSSR count). The fraction of sp³-hybridized carbons (Fsp3) is 0.273. The lowest BCUT2D eigenvalue weighted by Crippen LogP contribution is -2.35. The van der Waals surface area contributed by atoms with Crippen molar-refractivity contribution in [2.24, 2.45) is 0 Å². The molecule has 144 valence electrons. The SMILES string of the molecule is COC(=O)C1=C(C)NC2=C(C(=O)C[C@@H](c3cccs3)C2)[C@H]1c1ccc(Cl)cc1. The van der Waals surface area contributed by atoms with Crippen molar-refractivity contribution in [2.75, 3.05) is 7.11 Å². The molecule has 0 unspecified atom stereocenters. The maximum Gasteiger partial charge on any atom is 0.336 e. The standard InChI is InChI=1S/C22H20ClNO3S/c1-12-19(22(26)27-2)20(13-5-7-15(23)8-6-13)21-16(24-12)10-14(11-17(21)25)18-4-3-9-28-18/h3-9,14,20,24H,10-11H2,1-2H3/t14-,20-/m0/s1. The van der Waals surface area contributed by atoms with Crippen molar-refractivity contribution in [3.63, 3.8) is 0 Å². The van der Waals surface area contributed by atoms with Crippen LogP contribution in [0.1, 0.15) is 42.0 Å². The van der Waals surface area contributed by atoms with Gasteiger partial charge in [-0.3, -0.25) is 4.79 Å². The van der Waals surface area contributed by atoms with Crippen LogP contribution in [-0.2, 0) is 14.3 Å². The Labute approximate surface area is 172 Å². The number of ketones is 1. The number of carbonyl (C=O) groups is 2. The van der Waals surface area contributed by atoms with E-state index in [2.05, 4.69) is 11.4 Å². The second kappa shape index (κ2) is 7.57. The van der Waals surface area contributed by atoms with Crippen LogP contribution in [0.4, 0.5) is 0 Å². The minimum atomic E-state index is -0.447. The summed E-state index contributed by atoms with van der Waals surface area (Å²) in [4.78, 5) is 27.0. The third-order valence-corrected chi connectivity index (χ3v) is 6.67. The lowest BCUT2D eigenvalue weighted by Gasteiger charge is -2.36. The molecular formula is C22H20ClNO3S. The Morgan fingerprint density at radius 2 is 1.96 bits per heavy atom. The van der Waals surface area contributed by atoms with Crippen LogP contribution >= 0.6 is 22.9 Å². The van der Waals surface area contributed by atoms with E-state index in [1.165, 1.54) is 12.0 Å². The monoisotopic (exact) mass is 413 g/mol. The number of carbonyl (C=O) groups excluding carboxylic acids is 2. The van der Waals surface area contributed by atoms with Gasteiger partial charge in [-0.2, -0.15) is 0 Å². The molecule has 0 saturated carbocycles. The molecule has 6 heteroatoms. The molecule has 1 aromatic carbocycles. The number of allylic oxidation sites excluding steroid dienone is 3. The van der Waals surface area contributed by atoms with E-state index in [0.717, 1.165) is 23.4 Å². The molecule has 2 heterocycles. The van der Waals surface area contributed by atoms with Crippen molar-refractivity contribution in [3.05, 3.63) is 79.8 Å². The number of nitrogens with one attached hydrogen (secondary N) is 1. The second-order valence-corrected chi connectivity index (χ2v) is 8.49.